The highest BCUT2D eigenvalue weighted by Crippen LogP contribution is 2.18. The minimum Gasteiger partial charge on any atom is -0.380 e. The fourth-order valence-corrected chi connectivity index (χ4v) is 1.93. The summed E-state index contributed by atoms with van der Waals surface area (Å²) in [6.45, 7) is 6.61. The Balaban J connectivity index is 2.15. The van der Waals surface area contributed by atoms with Crippen molar-refractivity contribution in [3.8, 4) is 0 Å². The van der Waals surface area contributed by atoms with Gasteiger partial charge in [-0.1, -0.05) is 29.3 Å². The highest BCUT2D eigenvalue weighted by molar-refractivity contribution is 6.34. The Morgan fingerprint density at radius 1 is 1.18 bits per heavy atom. The third-order valence-electron chi connectivity index (χ3n) is 2.14. The quantitative estimate of drug-likeness (QED) is 0.577. The van der Waals surface area contributed by atoms with Gasteiger partial charge >= 0.3 is 0 Å². The zero-order valence-electron chi connectivity index (χ0n) is 9.72. The molecule has 1 rings (SSSR count). The molecule has 0 atom stereocenters. The average Bonchev–Trinajstić information content (AvgIpc) is 2.26. The number of benzene rings is 1. The molecule has 0 unspecified atom stereocenters. The molecule has 0 saturated carbocycles. The Morgan fingerprint density at radius 2 is 1.88 bits per heavy atom. The third kappa shape index (κ3) is 6.69. The zero-order valence-corrected chi connectivity index (χ0v) is 11.2. The largest absolute Gasteiger partial charge is 0.380 e. The zero-order chi connectivity index (χ0) is 12.5. The van der Waals surface area contributed by atoms with Crippen molar-refractivity contribution in [3.05, 3.63) is 46.5 Å². The molecule has 0 heterocycles. The predicted octanol–water partition coefficient (Wildman–Crippen LogP) is 3.68. The summed E-state index contributed by atoms with van der Waals surface area (Å²) in [7, 11) is 0. The van der Waals surface area contributed by atoms with E-state index in [0.717, 1.165) is 31.7 Å². The van der Waals surface area contributed by atoms with Crippen molar-refractivity contribution in [2.24, 2.45) is 0 Å². The standard InChI is InChI=1S/C13H17Cl2NO/c1-2-3-5-17-6-4-16-10-11-7-12(14)9-13(15)8-11/h2,7-9,16H,1,3-6,10H2. The lowest BCUT2D eigenvalue weighted by Crippen LogP contribution is -2.19. The Bertz CT molecular complexity index is 335. The minimum atomic E-state index is 0.663. The summed E-state index contributed by atoms with van der Waals surface area (Å²) in [5, 5.41) is 4.59. The lowest BCUT2D eigenvalue weighted by Gasteiger charge is -2.06. The second-order valence-corrected chi connectivity index (χ2v) is 4.52. The molecular weight excluding hydrogens is 257 g/mol. The minimum absolute atomic E-state index is 0.663. The molecule has 2 nitrogen and oxygen atoms in total. The average molecular weight is 274 g/mol. The molecule has 0 aliphatic carbocycles. The lowest BCUT2D eigenvalue weighted by molar-refractivity contribution is 0.140. The van der Waals surface area contributed by atoms with Crippen LogP contribution in [0.4, 0.5) is 0 Å². The molecule has 0 aliphatic heterocycles. The van der Waals surface area contributed by atoms with Crippen LogP contribution in [-0.2, 0) is 11.3 Å². The molecule has 0 amide bonds. The van der Waals surface area contributed by atoms with Crippen molar-refractivity contribution in [3.63, 3.8) is 0 Å². The van der Waals surface area contributed by atoms with E-state index in [1.807, 2.05) is 18.2 Å². The van der Waals surface area contributed by atoms with Crippen LogP contribution in [0.15, 0.2) is 30.9 Å². The van der Waals surface area contributed by atoms with Crippen molar-refractivity contribution < 1.29 is 4.74 Å². The highest BCUT2D eigenvalue weighted by atomic mass is 35.5. The number of halogens is 2. The van der Waals surface area contributed by atoms with Crippen molar-refractivity contribution in [1.29, 1.82) is 0 Å². The SMILES string of the molecule is C=CCCOCCNCc1cc(Cl)cc(Cl)c1. The number of nitrogens with one attached hydrogen (secondary N) is 1. The molecule has 4 heteroatoms. The van der Waals surface area contributed by atoms with E-state index in [2.05, 4.69) is 11.9 Å². The first kappa shape index (κ1) is 14.5. The van der Waals surface area contributed by atoms with Crippen LogP contribution < -0.4 is 5.32 Å². The van der Waals surface area contributed by atoms with Crippen molar-refractivity contribution in [2.75, 3.05) is 19.8 Å². The van der Waals surface area contributed by atoms with Crippen LogP contribution in [0.5, 0.6) is 0 Å². The van der Waals surface area contributed by atoms with E-state index in [9.17, 15) is 0 Å². The molecule has 0 spiro atoms. The molecule has 0 saturated heterocycles. The summed E-state index contributed by atoms with van der Waals surface area (Å²) in [6.07, 6.45) is 2.74. The highest BCUT2D eigenvalue weighted by Gasteiger charge is 1.97. The van der Waals surface area contributed by atoms with Gasteiger partial charge in [-0.25, -0.2) is 0 Å². The van der Waals surface area contributed by atoms with Gasteiger partial charge in [0.15, 0.2) is 0 Å². The van der Waals surface area contributed by atoms with E-state index in [1.54, 1.807) is 6.07 Å². The van der Waals surface area contributed by atoms with E-state index < -0.39 is 0 Å². The first-order valence-corrected chi connectivity index (χ1v) is 6.32. The fourth-order valence-electron chi connectivity index (χ4n) is 1.36. The lowest BCUT2D eigenvalue weighted by atomic mass is 10.2. The second kappa shape index (κ2) is 8.54. The summed E-state index contributed by atoms with van der Waals surface area (Å²) in [6, 6.07) is 5.53. The van der Waals surface area contributed by atoms with Crippen molar-refractivity contribution in [2.45, 2.75) is 13.0 Å². The maximum atomic E-state index is 5.90. The Morgan fingerprint density at radius 3 is 2.53 bits per heavy atom. The van der Waals surface area contributed by atoms with Gasteiger partial charge < -0.3 is 10.1 Å². The molecule has 0 radical (unpaired) electrons. The molecule has 0 fully saturated rings. The van der Waals surface area contributed by atoms with Gasteiger partial charge in [0, 0.05) is 23.1 Å². The Hall–Kier alpha value is -0.540. The summed E-state index contributed by atoms with van der Waals surface area (Å²) < 4.78 is 5.37. The monoisotopic (exact) mass is 273 g/mol. The van der Waals surface area contributed by atoms with E-state index in [0.29, 0.717) is 16.7 Å². The number of hydrogen-bond donors (Lipinski definition) is 1. The molecule has 1 aromatic carbocycles. The van der Waals surface area contributed by atoms with Gasteiger partial charge in [-0.3, -0.25) is 0 Å². The summed E-state index contributed by atoms with van der Waals surface area (Å²) in [5.41, 5.74) is 1.08. The maximum Gasteiger partial charge on any atom is 0.0591 e. The molecule has 94 valence electrons. The van der Waals surface area contributed by atoms with Gasteiger partial charge in [-0.05, 0) is 30.2 Å². The van der Waals surface area contributed by atoms with Crippen LogP contribution in [-0.4, -0.2) is 19.8 Å². The number of rotatable bonds is 8. The van der Waals surface area contributed by atoms with Gasteiger partial charge in [0.1, 0.15) is 0 Å². The third-order valence-corrected chi connectivity index (χ3v) is 2.58. The van der Waals surface area contributed by atoms with E-state index in [1.165, 1.54) is 0 Å². The Kier molecular flexibility index (Phi) is 7.29. The first-order chi connectivity index (χ1) is 8.22. The van der Waals surface area contributed by atoms with Gasteiger partial charge in [0.2, 0.25) is 0 Å². The van der Waals surface area contributed by atoms with E-state index in [-0.39, 0.29) is 0 Å². The normalized spacial score (nSPS) is 10.5. The fraction of sp³-hybridized carbons (Fsp3) is 0.385. The molecule has 0 bridgehead atoms. The second-order valence-electron chi connectivity index (χ2n) is 3.64. The van der Waals surface area contributed by atoms with Crippen LogP contribution in [0.1, 0.15) is 12.0 Å². The molecule has 0 aliphatic rings. The molecule has 17 heavy (non-hydrogen) atoms. The van der Waals surface area contributed by atoms with Gasteiger partial charge in [0.25, 0.3) is 0 Å². The molecule has 0 aromatic heterocycles. The van der Waals surface area contributed by atoms with Crippen LogP contribution in [0, 0.1) is 0 Å². The Labute approximate surface area is 113 Å². The van der Waals surface area contributed by atoms with Crippen LogP contribution in [0.2, 0.25) is 10.0 Å². The molecule has 1 N–H and O–H groups in total. The van der Waals surface area contributed by atoms with Crippen molar-refractivity contribution in [1.82, 2.24) is 5.32 Å². The van der Waals surface area contributed by atoms with Crippen LogP contribution in [0.3, 0.4) is 0 Å². The van der Waals surface area contributed by atoms with Gasteiger partial charge in [-0.15, -0.1) is 6.58 Å². The number of ether oxygens (including phenoxy) is 1. The van der Waals surface area contributed by atoms with Crippen LogP contribution >= 0.6 is 23.2 Å². The van der Waals surface area contributed by atoms with E-state index >= 15 is 0 Å². The molecule has 1 aromatic rings. The number of hydrogen-bond acceptors (Lipinski definition) is 2. The molecular formula is C13H17Cl2NO. The van der Waals surface area contributed by atoms with Crippen molar-refractivity contribution >= 4 is 23.2 Å². The van der Waals surface area contributed by atoms with E-state index in [4.69, 9.17) is 27.9 Å². The smallest absolute Gasteiger partial charge is 0.0591 e. The van der Waals surface area contributed by atoms with Crippen LogP contribution in [0.25, 0.3) is 0 Å². The summed E-state index contributed by atoms with van der Waals surface area (Å²) in [5.74, 6) is 0. The maximum absolute atomic E-state index is 5.90. The first-order valence-electron chi connectivity index (χ1n) is 5.56. The summed E-state index contributed by atoms with van der Waals surface area (Å²) in [4.78, 5) is 0. The van der Waals surface area contributed by atoms with Gasteiger partial charge in [-0.2, -0.15) is 0 Å². The summed E-state index contributed by atoms with van der Waals surface area (Å²) >= 11 is 11.8. The topological polar surface area (TPSA) is 21.3 Å². The predicted molar refractivity (Wildman–Crippen MR) is 73.8 cm³/mol. The van der Waals surface area contributed by atoms with Gasteiger partial charge in [0.05, 0.1) is 13.2 Å².